The molecular formula is C15H17ClN4. The van der Waals surface area contributed by atoms with E-state index >= 15 is 0 Å². The maximum absolute atomic E-state index is 6.02. The predicted octanol–water partition coefficient (Wildman–Crippen LogP) is 2.13. The van der Waals surface area contributed by atoms with Crippen molar-refractivity contribution in [1.82, 2.24) is 15.3 Å². The maximum atomic E-state index is 6.02. The molecule has 1 N–H and O–H groups in total. The fourth-order valence-electron chi connectivity index (χ4n) is 2.36. The van der Waals surface area contributed by atoms with Crippen LogP contribution in [0.3, 0.4) is 0 Å². The number of piperazine rings is 1. The van der Waals surface area contributed by atoms with Crippen LogP contribution in [0.15, 0.2) is 36.5 Å². The second-order valence-corrected chi connectivity index (χ2v) is 5.33. The van der Waals surface area contributed by atoms with Gasteiger partial charge in [-0.05, 0) is 23.8 Å². The summed E-state index contributed by atoms with van der Waals surface area (Å²) in [7, 11) is 0. The molecule has 0 saturated carbocycles. The summed E-state index contributed by atoms with van der Waals surface area (Å²) >= 11 is 6.02. The third-order valence-corrected chi connectivity index (χ3v) is 3.61. The van der Waals surface area contributed by atoms with E-state index in [0.717, 1.165) is 49.3 Å². The summed E-state index contributed by atoms with van der Waals surface area (Å²) in [6.07, 6.45) is 2.62. The summed E-state index contributed by atoms with van der Waals surface area (Å²) in [5.41, 5.74) is 2.19. The number of anilines is 1. The predicted molar refractivity (Wildman–Crippen MR) is 81.4 cm³/mol. The Morgan fingerprint density at radius 3 is 2.85 bits per heavy atom. The van der Waals surface area contributed by atoms with E-state index in [0.29, 0.717) is 0 Å². The van der Waals surface area contributed by atoms with E-state index in [2.05, 4.69) is 26.3 Å². The molecule has 1 saturated heterocycles. The minimum atomic E-state index is 0.763. The number of nitrogens with one attached hydrogen (secondary N) is 1. The minimum Gasteiger partial charge on any atom is -0.338 e. The molecule has 0 radical (unpaired) electrons. The van der Waals surface area contributed by atoms with Gasteiger partial charge in [0.2, 0.25) is 5.95 Å². The van der Waals surface area contributed by atoms with Gasteiger partial charge in [-0.3, -0.25) is 0 Å². The van der Waals surface area contributed by atoms with Crippen molar-refractivity contribution in [3.8, 4) is 0 Å². The second-order valence-electron chi connectivity index (χ2n) is 4.89. The van der Waals surface area contributed by atoms with Crippen molar-refractivity contribution in [1.29, 1.82) is 0 Å². The fourth-order valence-corrected chi connectivity index (χ4v) is 2.57. The maximum Gasteiger partial charge on any atom is 0.225 e. The molecule has 2 aromatic rings. The number of hydrogen-bond donors (Lipinski definition) is 1. The minimum absolute atomic E-state index is 0.763. The summed E-state index contributed by atoms with van der Waals surface area (Å²) in [6.45, 7) is 3.89. The summed E-state index contributed by atoms with van der Waals surface area (Å²) in [5.74, 6) is 0.825. The first-order valence-electron chi connectivity index (χ1n) is 6.83. The monoisotopic (exact) mass is 288 g/mol. The summed E-state index contributed by atoms with van der Waals surface area (Å²) in [6, 6.07) is 9.87. The van der Waals surface area contributed by atoms with Crippen molar-refractivity contribution in [3.05, 3.63) is 52.8 Å². The number of aromatic nitrogens is 2. The Balaban J connectivity index is 1.77. The zero-order valence-corrected chi connectivity index (χ0v) is 12.0. The SMILES string of the molecule is Clc1cccc(Cc2ccnc(N3CCNCC3)n2)c1. The number of nitrogens with zero attached hydrogens (tertiary/aromatic N) is 3. The van der Waals surface area contributed by atoms with Crippen molar-refractivity contribution in [2.24, 2.45) is 0 Å². The molecular weight excluding hydrogens is 272 g/mol. The number of rotatable bonds is 3. The third-order valence-electron chi connectivity index (χ3n) is 3.37. The van der Waals surface area contributed by atoms with E-state index in [4.69, 9.17) is 11.6 Å². The Kier molecular flexibility index (Phi) is 4.14. The highest BCUT2D eigenvalue weighted by Gasteiger charge is 2.13. The average Bonchev–Trinajstić information content (AvgIpc) is 2.48. The average molecular weight is 289 g/mol. The van der Waals surface area contributed by atoms with Gasteiger partial charge < -0.3 is 10.2 Å². The number of halogens is 1. The van der Waals surface area contributed by atoms with Gasteiger partial charge in [0.25, 0.3) is 0 Å². The van der Waals surface area contributed by atoms with Crippen LogP contribution in [0.2, 0.25) is 5.02 Å². The first kappa shape index (κ1) is 13.3. The lowest BCUT2D eigenvalue weighted by molar-refractivity contribution is 0.579. The smallest absolute Gasteiger partial charge is 0.225 e. The highest BCUT2D eigenvalue weighted by atomic mass is 35.5. The second kappa shape index (κ2) is 6.20. The van der Waals surface area contributed by atoms with Crippen molar-refractivity contribution >= 4 is 17.5 Å². The van der Waals surface area contributed by atoms with Crippen LogP contribution < -0.4 is 10.2 Å². The molecule has 1 aliphatic heterocycles. The quantitative estimate of drug-likeness (QED) is 0.939. The molecule has 0 atom stereocenters. The normalized spacial score (nSPS) is 15.3. The first-order chi connectivity index (χ1) is 9.81. The zero-order valence-electron chi connectivity index (χ0n) is 11.2. The lowest BCUT2D eigenvalue weighted by Gasteiger charge is -2.27. The molecule has 0 unspecified atom stereocenters. The van der Waals surface area contributed by atoms with Gasteiger partial charge in [0.1, 0.15) is 0 Å². The molecule has 1 aromatic heterocycles. The van der Waals surface area contributed by atoms with Crippen LogP contribution in [0, 0.1) is 0 Å². The van der Waals surface area contributed by atoms with Gasteiger partial charge in [0.15, 0.2) is 0 Å². The van der Waals surface area contributed by atoms with Crippen LogP contribution in [-0.2, 0) is 6.42 Å². The van der Waals surface area contributed by atoms with E-state index < -0.39 is 0 Å². The van der Waals surface area contributed by atoms with Crippen LogP contribution in [-0.4, -0.2) is 36.1 Å². The van der Waals surface area contributed by atoms with Gasteiger partial charge in [-0.1, -0.05) is 23.7 Å². The molecule has 1 aromatic carbocycles. The van der Waals surface area contributed by atoms with E-state index in [-0.39, 0.29) is 0 Å². The molecule has 3 rings (SSSR count). The van der Waals surface area contributed by atoms with Gasteiger partial charge >= 0.3 is 0 Å². The Bertz CT molecular complexity index is 582. The van der Waals surface area contributed by atoms with Gasteiger partial charge in [-0.25, -0.2) is 9.97 Å². The van der Waals surface area contributed by atoms with E-state index in [9.17, 15) is 0 Å². The first-order valence-corrected chi connectivity index (χ1v) is 7.21. The van der Waals surface area contributed by atoms with Gasteiger partial charge in [0, 0.05) is 43.8 Å². The molecule has 0 bridgehead atoms. The Morgan fingerprint density at radius 1 is 1.20 bits per heavy atom. The highest BCUT2D eigenvalue weighted by Crippen LogP contribution is 2.15. The summed E-state index contributed by atoms with van der Waals surface area (Å²) in [5, 5.41) is 4.10. The number of hydrogen-bond acceptors (Lipinski definition) is 4. The summed E-state index contributed by atoms with van der Waals surface area (Å²) < 4.78 is 0. The molecule has 1 aliphatic rings. The van der Waals surface area contributed by atoms with Crippen LogP contribution in [0.5, 0.6) is 0 Å². The molecule has 1 fully saturated rings. The Labute approximate surface area is 123 Å². The fraction of sp³-hybridized carbons (Fsp3) is 0.333. The third kappa shape index (κ3) is 3.26. The van der Waals surface area contributed by atoms with Gasteiger partial charge in [-0.15, -0.1) is 0 Å². The van der Waals surface area contributed by atoms with Crippen molar-refractivity contribution in [2.45, 2.75) is 6.42 Å². The lowest BCUT2D eigenvalue weighted by atomic mass is 10.1. The van der Waals surface area contributed by atoms with E-state index in [1.165, 1.54) is 5.56 Å². The molecule has 104 valence electrons. The van der Waals surface area contributed by atoms with Gasteiger partial charge in [-0.2, -0.15) is 0 Å². The number of benzene rings is 1. The highest BCUT2D eigenvalue weighted by molar-refractivity contribution is 6.30. The molecule has 5 heteroatoms. The van der Waals surface area contributed by atoms with Crippen molar-refractivity contribution in [2.75, 3.05) is 31.1 Å². The molecule has 2 heterocycles. The lowest BCUT2D eigenvalue weighted by Crippen LogP contribution is -2.44. The van der Waals surface area contributed by atoms with E-state index in [1.807, 2.05) is 30.5 Å². The molecule has 0 aliphatic carbocycles. The summed E-state index contributed by atoms with van der Waals surface area (Å²) in [4.78, 5) is 11.3. The van der Waals surface area contributed by atoms with Crippen molar-refractivity contribution in [3.63, 3.8) is 0 Å². The Morgan fingerprint density at radius 2 is 2.05 bits per heavy atom. The molecule has 20 heavy (non-hydrogen) atoms. The molecule has 4 nitrogen and oxygen atoms in total. The van der Waals surface area contributed by atoms with Crippen molar-refractivity contribution < 1.29 is 0 Å². The molecule has 0 amide bonds. The standard InChI is InChI=1S/C15H17ClN4/c16-13-3-1-2-12(10-13)11-14-4-5-18-15(19-14)20-8-6-17-7-9-20/h1-5,10,17H,6-9,11H2. The topological polar surface area (TPSA) is 41.1 Å². The van der Waals surface area contributed by atoms with Crippen LogP contribution in [0.4, 0.5) is 5.95 Å². The zero-order chi connectivity index (χ0) is 13.8. The van der Waals surface area contributed by atoms with E-state index in [1.54, 1.807) is 0 Å². The largest absolute Gasteiger partial charge is 0.338 e. The Hall–Kier alpha value is -1.65. The van der Waals surface area contributed by atoms with Crippen LogP contribution in [0.1, 0.15) is 11.3 Å². The van der Waals surface area contributed by atoms with Crippen LogP contribution >= 0.6 is 11.6 Å². The van der Waals surface area contributed by atoms with Gasteiger partial charge in [0.05, 0.1) is 5.69 Å². The van der Waals surface area contributed by atoms with Crippen LogP contribution in [0.25, 0.3) is 0 Å². The molecule has 0 spiro atoms.